The molecule has 78 valence electrons. The van der Waals surface area contributed by atoms with Crippen LogP contribution >= 0.6 is 0 Å². The summed E-state index contributed by atoms with van der Waals surface area (Å²) in [6.45, 7) is -0.360. The first kappa shape index (κ1) is 10.8. The van der Waals surface area contributed by atoms with Crippen molar-refractivity contribution in [2.75, 3.05) is 13.7 Å². The zero-order valence-electron chi connectivity index (χ0n) is 7.33. The second-order valence-corrected chi connectivity index (χ2v) is 3.02. The summed E-state index contributed by atoms with van der Waals surface area (Å²) in [5, 5.41) is 27.6. The zero-order chi connectivity index (χ0) is 10.0. The number of hydrogen-bond acceptors (Lipinski definition) is 6. The number of methoxy groups -OCH3 is 1. The molecule has 0 aromatic rings. The van der Waals surface area contributed by atoms with Gasteiger partial charge in [-0.1, -0.05) is 0 Å². The molecule has 0 aliphatic carbocycles. The first-order valence-corrected chi connectivity index (χ1v) is 4.02. The lowest BCUT2D eigenvalue weighted by Gasteiger charge is -2.39. The molecule has 1 heterocycles. The van der Waals surface area contributed by atoms with Gasteiger partial charge in [-0.2, -0.15) is 0 Å². The molecule has 0 spiro atoms. The van der Waals surface area contributed by atoms with Gasteiger partial charge in [0.15, 0.2) is 6.29 Å². The van der Waals surface area contributed by atoms with Gasteiger partial charge in [0.25, 0.3) is 0 Å². The van der Waals surface area contributed by atoms with Gasteiger partial charge in [-0.15, -0.1) is 0 Å². The topological polar surface area (TPSA) is 105 Å². The maximum Gasteiger partial charge on any atom is 0.185 e. The molecule has 0 saturated carbocycles. The molecular formula is C7H15NO5. The molecule has 1 saturated heterocycles. The van der Waals surface area contributed by atoms with Crippen molar-refractivity contribution in [2.45, 2.75) is 30.6 Å². The SMILES string of the molecule is CO[C@H]1OC(CO)[C@@H](O)[C@H](N)C1O. The fourth-order valence-electron chi connectivity index (χ4n) is 1.31. The predicted molar refractivity (Wildman–Crippen MR) is 42.7 cm³/mol. The van der Waals surface area contributed by atoms with Crippen LogP contribution in [0.2, 0.25) is 0 Å². The summed E-state index contributed by atoms with van der Waals surface area (Å²) in [7, 11) is 1.35. The summed E-state index contributed by atoms with van der Waals surface area (Å²) in [6.07, 6.45) is -3.85. The lowest BCUT2D eigenvalue weighted by Crippen LogP contribution is -2.62. The van der Waals surface area contributed by atoms with Crippen LogP contribution < -0.4 is 5.73 Å². The van der Waals surface area contributed by atoms with E-state index in [0.717, 1.165) is 0 Å². The van der Waals surface area contributed by atoms with E-state index < -0.39 is 30.6 Å². The third-order valence-corrected chi connectivity index (χ3v) is 2.17. The molecule has 5 N–H and O–H groups in total. The van der Waals surface area contributed by atoms with E-state index in [-0.39, 0.29) is 6.61 Å². The molecule has 0 aromatic carbocycles. The van der Waals surface area contributed by atoms with Gasteiger partial charge in [0.1, 0.15) is 18.3 Å². The van der Waals surface area contributed by atoms with Gasteiger partial charge in [0, 0.05) is 7.11 Å². The second kappa shape index (κ2) is 4.32. The van der Waals surface area contributed by atoms with Crippen molar-refractivity contribution in [1.82, 2.24) is 0 Å². The van der Waals surface area contributed by atoms with Gasteiger partial charge in [-0.05, 0) is 0 Å². The van der Waals surface area contributed by atoms with E-state index in [4.69, 9.17) is 20.3 Å². The van der Waals surface area contributed by atoms with E-state index in [2.05, 4.69) is 0 Å². The van der Waals surface area contributed by atoms with Gasteiger partial charge < -0.3 is 30.5 Å². The van der Waals surface area contributed by atoms with Crippen molar-refractivity contribution in [3.05, 3.63) is 0 Å². The van der Waals surface area contributed by atoms with Crippen molar-refractivity contribution in [1.29, 1.82) is 0 Å². The Hall–Kier alpha value is -0.240. The minimum absolute atomic E-state index is 0.360. The molecule has 0 aromatic heterocycles. The molecule has 1 rings (SSSR count). The number of nitrogens with two attached hydrogens (primary N) is 1. The maximum absolute atomic E-state index is 9.40. The smallest absolute Gasteiger partial charge is 0.185 e. The summed E-state index contributed by atoms with van der Waals surface area (Å²) < 4.78 is 9.81. The summed E-state index contributed by atoms with van der Waals surface area (Å²) >= 11 is 0. The average Bonchev–Trinajstić information content (AvgIpc) is 2.15. The fraction of sp³-hybridized carbons (Fsp3) is 1.00. The normalized spacial score (nSPS) is 46.4. The van der Waals surface area contributed by atoms with Crippen LogP contribution in [0.4, 0.5) is 0 Å². The van der Waals surface area contributed by atoms with E-state index in [0.29, 0.717) is 0 Å². The minimum Gasteiger partial charge on any atom is -0.394 e. The van der Waals surface area contributed by atoms with Gasteiger partial charge in [0.05, 0.1) is 12.6 Å². The van der Waals surface area contributed by atoms with Crippen LogP contribution in [0.3, 0.4) is 0 Å². The maximum atomic E-state index is 9.40. The van der Waals surface area contributed by atoms with Gasteiger partial charge in [0.2, 0.25) is 0 Å². The van der Waals surface area contributed by atoms with Gasteiger partial charge in [-0.25, -0.2) is 0 Å². The number of ether oxygens (including phenoxy) is 2. The fourth-order valence-corrected chi connectivity index (χ4v) is 1.31. The second-order valence-electron chi connectivity index (χ2n) is 3.02. The highest BCUT2D eigenvalue weighted by atomic mass is 16.7. The third-order valence-electron chi connectivity index (χ3n) is 2.17. The van der Waals surface area contributed by atoms with Crippen molar-refractivity contribution >= 4 is 0 Å². The lowest BCUT2D eigenvalue weighted by molar-refractivity contribution is -0.267. The Morgan fingerprint density at radius 3 is 2.46 bits per heavy atom. The minimum atomic E-state index is -1.08. The molecule has 5 atom stereocenters. The summed E-state index contributed by atoms with van der Waals surface area (Å²) in [5.41, 5.74) is 5.48. The van der Waals surface area contributed by atoms with E-state index in [1.165, 1.54) is 7.11 Å². The molecule has 0 amide bonds. The number of rotatable bonds is 2. The lowest BCUT2D eigenvalue weighted by atomic mass is 9.97. The van der Waals surface area contributed by atoms with Gasteiger partial charge in [-0.3, -0.25) is 0 Å². The van der Waals surface area contributed by atoms with Crippen LogP contribution in [0.1, 0.15) is 0 Å². The van der Waals surface area contributed by atoms with Crippen LogP contribution in [-0.4, -0.2) is 59.7 Å². The Morgan fingerprint density at radius 2 is 2.00 bits per heavy atom. The summed E-state index contributed by atoms with van der Waals surface area (Å²) in [5.74, 6) is 0. The number of hydrogen-bond donors (Lipinski definition) is 4. The van der Waals surface area contributed by atoms with Crippen molar-refractivity contribution in [2.24, 2.45) is 5.73 Å². The molecule has 0 bridgehead atoms. The molecule has 6 nitrogen and oxygen atoms in total. The molecule has 13 heavy (non-hydrogen) atoms. The Morgan fingerprint density at radius 1 is 1.38 bits per heavy atom. The van der Waals surface area contributed by atoms with Crippen LogP contribution in [0.5, 0.6) is 0 Å². The Labute approximate surface area is 75.9 Å². The van der Waals surface area contributed by atoms with Crippen molar-refractivity contribution < 1.29 is 24.8 Å². The van der Waals surface area contributed by atoms with Crippen LogP contribution in [-0.2, 0) is 9.47 Å². The average molecular weight is 193 g/mol. The molecule has 1 fully saturated rings. The number of aliphatic hydroxyl groups excluding tert-OH is 3. The summed E-state index contributed by atoms with van der Waals surface area (Å²) in [4.78, 5) is 0. The van der Waals surface area contributed by atoms with Gasteiger partial charge >= 0.3 is 0 Å². The molecule has 1 aliphatic heterocycles. The third kappa shape index (κ3) is 1.98. The summed E-state index contributed by atoms with van der Waals surface area (Å²) in [6, 6.07) is -0.865. The van der Waals surface area contributed by atoms with Crippen molar-refractivity contribution in [3.63, 3.8) is 0 Å². The van der Waals surface area contributed by atoms with E-state index in [1.807, 2.05) is 0 Å². The predicted octanol–water partition coefficient (Wildman–Crippen LogP) is -2.60. The Balaban J connectivity index is 2.66. The Kier molecular flexibility index (Phi) is 3.60. The van der Waals surface area contributed by atoms with Crippen LogP contribution in [0.15, 0.2) is 0 Å². The standard InChI is InChI=1S/C7H15NO5/c1-12-7-6(11)4(8)5(10)3(2-9)13-7/h3-7,9-11H,2,8H2,1H3/t3?,4-,5+,6?,7-/m0/s1. The van der Waals surface area contributed by atoms with Crippen LogP contribution in [0.25, 0.3) is 0 Å². The Bertz CT molecular complexity index is 147. The quantitative estimate of drug-likeness (QED) is 0.383. The molecule has 0 radical (unpaired) electrons. The molecule has 1 aliphatic rings. The van der Waals surface area contributed by atoms with E-state index in [1.54, 1.807) is 0 Å². The van der Waals surface area contributed by atoms with E-state index in [9.17, 15) is 10.2 Å². The highest BCUT2D eigenvalue weighted by molar-refractivity contribution is 4.91. The molecular weight excluding hydrogens is 178 g/mol. The van der Waals surface area contributed by atoms with E-state index >= 15 is 0 Å². The highest BCUT2D eigenvalue weighted by Crippen LogP contribution is 2.19. The zero-order valence-corrected chi connectivity index (χ0v) is 7.33. The van der Waals surface area contributed by atoms with Crippen molar-refractivity contribution in [3.8, 4) is 0 Å². The first-order valence-electron chi connectivity index (χ1n) is 4.02. The van der Waals surface area contributed by atoms with Crippen LogP contribution in [0, 0.1) is 0 Å². The highest BCUT2D eigenvalue weighted by Gasteiger charge is 2.42. The molecule has 6 heteroatoms. The number of aliphatic hydroxyl groups is 3. The monoisotopic (exact) mass is 193 g/mol. The largest absolute Gasteiger partial charge is 0.394 e. The first-order chi connectivity index (χ1) is 6.11. The molecule has 2 unspecified atom stereocenters.